The standard InChI is InChI=1S/C15H26N2O3S/c1-13-7-8-14(12-16-2)11-15(13)21(18,19)17-9-5-4-6-10-20-3/h7-8,11,16-17H,4-6,9-10,12H2,1-3H3. The van der Waals surface area contributed by atoms with Gasteiger partial charge < -0.3 is 10.1 Å². The van der Waals surface area contributed by atoms with Gasteiger partial charge in [0.05, 0.1) is 4.90 Å². The highest BCUT2D eigenvalue weighted by Crippen LogP contribution is 2.17. The zero-order chi connectivity index (χ0) is 15.7. The number of hydrogen-bond acceptors (Lipinski definition) is 4. The van der Waals surface area contributed by atoms with Gasteiger partial charge in [0.15, 0.2) is 0 Å². The lowest BCUT2D eigenvalue weighted by Gasteiger charge is -2.11. The summed E-state index contributed by atoms with van der Waals surface area (Å²) in [6, 6.07) is 5.52. The van der Waals surface area contributed by atoms with E-state index < -0.39 is 10.0 Å². The molecule has 0 unspecified atom stereocenters. The SMILES string of the molecule is CNCc1ccc(C)c(S(=O)(=O)NCCCCCOC)c1. The summed E-state index contributed by atoms with van der Waals surface area (Å²) < 4.78 is 32.3. The minimum atomic E-state index is -3.43. The summed E-state index contributed by atoms with van der Waals surface area (Å²) in [5.41, 5.74) is 1.73. The van der Waals surface area contributed by atoms with E-state index in [2.05, 4.69) is 10.0 Å². The average Bonchev–Trinajstić information content (AvgIpc) is 2.45. The Hall–Kier alpha value is -0.950. The average molecular weight is 314 g/mol. The van der Waals surface area contributed by atoms with E-state index in [-0.39, 0.29) is 0 Å². The quantitative estimate of drug-likeness (QED) is 0.646. The molecule has 0 saturated heterocycles. The predicted octanol–water partition coefficient (Wildman–Crippen LogP) is 1.81. The van der Waals surface area contributed by atoms with Crippen LogP contribution in [0.4, 0.5) is 0 Å². The normalized spacial score (nSPS) is 11.8. The van der Waals surface area contributed by atoms with Gasteiger partial charge in [-0.05, 0) is 50.4 Å². The highest BCUT2D eigenvalue weighted by Gasteiger charge is 2.16. The second kappa shape index (κ2) is 9.15. The summed E-state index contributed by atoms with van der Waals surface area (Å²) in [6.45, 7) is 3.65. The van der Waals surface area contributed by atoms with Crippen LogP contribution < -0.4 is 10.0 Å². The molecule has 0 spiro atoms. The van der Waals surface area contributed by atoms with Crippen molar-refractivity contribution in [2.24, 2.45) is 0 Å². The number of methoxy groups -OCH3 is 1. The monoisotopic (exact) mass is 314 g/mol. The van der Waals surface area contributed by atoms with E-state index in [4.69, 9.17) is 4.74 Å². The summed E-state index contributed by atoms with van der Waals surface area (Å²) in [6.07, 6.45) is 2.72. The van der Waals surface area contributed by atoms with Crippen LogP contribution in [0.25, 0.3) is 0 Å². The first-order valence-corrected chi connectivity index (χ1v) is 8.72. The predicted molar refractivity (Wildman–Crippen MR) is 84.9 cm³/mol. The van der Waals surface area contributed by atoms with E-state index in [9.17, 15) is 8.42 Å². The summed E-state index contributed by atoms with van der Waals surface area (Å²) in [5.74, 6) is 0. The van der Waals surface area contributed by atoms with Crippen LogP contribution in [0.3, 0.4) is 0 Å². The molecule has 0 atom stereocenters. The van der Waals surface area contributed by atoms with Crippen molar-refractivity contribution in [3.63, 3.8) is 0 Å². The zero-order valence-electron chi connectivity index (χ0n) is 13.1. The lowest BCUT2D eigenvalue weighted by atomic mass is 10.1. The topological polar surface area (TPSA) is 67.4 Å². The lowest BCUT2D eigenvalue weighted by molar-refractivity contribution is 0.192. The number of hydrogen-bond donors (Lipinski definition) is 2. The molecule has 5 nitrogen and oxygen atoms in total. The number of benzene rings is 1. The molecule has 0 aliphatic carbocycles. The Labute approximate surface area is 128 Å². The Morgan fingerprint density at radius 1 is 1.19 bits per heavy atom. The Kier molecular flexibility index (Phi) is 7.88. The first-order valence-electron chi connectivity index (χ1n) is 7.24. The van der Waals surface area contributed by atoms with Crippen LogP contribution >= 0.6 is 0 Å². The molecular formula is C15H26N2O3S. The maximum absolute atomic E-state index is 12.3. The minimum Gasteiger partial charge on any atom is -0.385 e. The Bertz CT molecular complexity index is 530. The molecule has 0 heterocycles. The number of ether oxygens (including phenoxy) is 1. The number of rotatable bonds is 10. The van der Waals surface area contributed by atoms with Gasteiger partial charge >= 0.3 is 0 Å². The summed E-state index contributed by atoms with van der Waals surface area (Å²) in [7, 11) is 0.0763. The van der Waals surface area contributed by atoms with E-state index >= 15 is 0 Å². The van der Waals surface area contributed by atoms with Crippen LogP contribution in [0.2, 0.25) is 0 Å². The number of sulfonamides is 1. The molecule has 0 bridgehead atoms. The van der Waals surface area contributed by atoms with Crippen molar-refractivity contribution in [2.45, 2.75) is 37.6 Å². The number of nitrogens with one attached hydrogen (secondary N) is 2. The van der Waals surface area contributed by atoms with E-state index in [1.54, 1.807) is 13.2 Å². The number of unbranched alkanes of at least 4 members (excludes halogenated alkanes) is 2. The fraction of sp³-hybridized carbons (Fsp3) is 0.600. The van der Waals surface area contributed by atoms with Gasteiger partial charge in [-0.1, -0.05) is 12.1 Å². The fourth-order valence-electron chi connectivity index (χ4n) is 2.08. The van der Waals surface area contributed by atoms with Crippen LogP contribution in [0.5, 0.6) is 0 Å². The van der Waals surface area contributed by atoms with Gasteiger partial charge in [-0.25, -0.2) is 13.1 Å². The lowest BCUT2D eigenvalue weighted by Crippen LogP contribution is -2.25. The molecule has 21 heavy (non-hydrogen) atoms. The zero-order valence-corrected chi connectivity index (χ0v) is 13.9. The van der Waals surface area contributed by atoms with Gasteiger partial charge in [0.1, 0.15) is 0 Å². The van der Waals surface area contributed by atoms with Crippen molar-refractivity contribution in [1.29, 1.82) is 0 Å². The van der Waals surface area contributed by atoms with Gasteiger partial charge in [0.25, 0.3) is 0 Å². The smallest absolute Gasteiger partial charge is 0.240 e. The molecule has 0 radical (unpaired) electrons. The van der Waals surface area contributed by atoms with Gasteiger partial charge in [-0.15, -0.1) is 0 Å². The second-order valence-electron chi connectivity index (χ2n) is 5.08. The minimum absolute atomic E-state index is 0.368. The van der Waals surface area contributed by atoms with Crippen LogP contribution in [-0.4, -0.2) is 35.7 Å². The molecule has 6 heteroatoms. The van der Waals surface area contributed by atoms with E-state index in [0.717, 1.165) is 37.0 Å². The van der Waals surface area contributed by atoms with E-state index in [1.165, 1.54) is 0 Å². The van der Waals surface area contributed by atoms with Crippen molar-refractivity contribution in [3.05, 3.63) is 29.3 Å². The highest BCUT2D eigenvalue weighted by molar-refractivity contribution is 7.89. The van der Waals surface area contributed by atoms with Crippen LogP contribution in [0.1, 0.15) is 30.4 Å². The molecule has 0 saturated carbocycles. The maximum Gasteiger partial charge on any atom is 0.240 e. The Morgan fingerprint density at radius 3 is 2.62 bits per heavy atom. The largest absolute Gasteiger partial charge is 0.385 e. The van der Waals surface area contributed by atoms with Crippen molar-refractivity contribution < 1.29 is 13.2 Å². The fourth-order valence-corrected chi connectivity index (χ4v) is 3.45. The summed E-state index contributed by atoms with van der Waals surface area (Å²) in [4.78, 5) is 0.368. The molecule has 0 aliphatic rings. The van der Waals surface area contributed by atoms with Crippen LogP contribution in [0, 0.1) is 6.92 Å². The molecule has 0 aliphatic heterocycles. The van der Waals surface area contributed by atoms with Gasteiger partial charge in [-0.2, -0.15) is 0 Å². The van der Waals surface area contributed by atoms with Gasteiger partial charge in [0, 0.05) is 26.8 Å². The highest BCUT2D eigenvalue weighted by atomic mass is 32.2. The van der Waals surface area contributed by atoms with Crippen molar-refractivity contribution >= 4 is 10.0 Å². The number of aryl methyl sites for hydroxylation is 1. The summed E-state index contributed by atoms with van der Waals surface area (Å²) in [5, 5.41) is 3.03. The van der Waals surface area contributed by atoms with Crippen molar-refractivity contribution in [3.8, 4) is 0 Å². The molecule has 2 N–H and O–H groups in total. The van der Waals surface area contributed by atoms with Gasteiger partial charge in [0.2, 0.25) is 10.0 Å². The maximum atomic E-state index is 12.3. The summed E-state index contributed by atoms with van der Waals surface area (Å²) >= 11 is 0. The third kappa shape index (κ3) is 6.13. The molecule has 120 valence electrons. The Balaban J connectivity index is 2.63. The molecule has 1 aromatic carbocycles. The third-order valence-corrected chi connectivity index (χ3v) is 4.84. The molecule has 0 amide bonds. The molecule has 1 rings (SSSR count). The van der Waals surface area contributed by atoms with E-state index in [1.807, 2.05) is 26.1 Å². The van der Waals surface area contributed by atoms with Crippen LogP contribution in [-0.2, 0) is 21.3 Å². The third-order valence-electron chi connectivity index (χ3n) is 3.24. The molecular weight excluding hydrogens is 288 g/mol. The molecule has 0 aromatic heterocycles. The molecule has 0 fully saturated rings. The first kappa shape index (κ1) is 18.1. The van der Waals surface area contributed by atoms with Crippen molar-refractivity contribution in [2.75, 3.05) is 27.3 Å². The molecule has 1 aromatic rings. The van der Waals surface area contributed by atoms with Crippen molar-refractivity contribution in [1.82, 2.24) is 10.0 Å². The second-order valence-corrected chi connectivity index (χ2v) is 6.82. The Morgan fingerprint density at radius 2 is 1.95 bits per heavy atom. The first-order chi connectivity index (χ1) is 10.0. The van der Waals surface area contributed by atoms with E-state index in [0.29, 0.717) is 18.0 Å². The van der Waals surface area contributed by atoms with Gasteiger partial charge in [-0.3, -0.25) is 0 Å². The van der Waals surface area contributed by atoms with Crippen LogP contribution in [0.15, 0.2) is 23.1 Å².